The molecule has 0 aliphatic heterocycles. The zero-order chi connectivity index (χ0) is 20.5. The number of rotatable bonds is 2. The van der Waals surface area contributed by atoms with E-state index in [0.717, 1.165) is 12.1 Å². The number of aliphatic carboxylic acids is 1. The van der Waals surface area contributed by atoms with E-state index in [9.17, 15) is 18.0 Å². The average Bonchev–Trinajstić information content (AvgIpc) is 3.28. The van der Waals surface area contributed by atoms with Gasteiger partial charge >= 0.3 is 12.1 Å². The smallest absolute Gasteiger partial charge is 0.475 e. The molecular weight excluding hydrogens is 397 g/mol. The van der Waals surface area contributed by atoms with Crippen LogP contribution in [0.5, 0.6) is 0 Å². The third kappa shape index (κ3) is 4.03. The summed E-state index contributed by atoms with van der Waals surface area (Å²) in [5.74, 6) is -2.94. The summed E-state index contributed by atoms with van der Waals surface area (Å²) in [5.41, 5.74) is 3.99. The number of alkyl halides is 3. The lowest BCUT2D eigenvalue weighted by molar-refractivity contribution is -0.192. The highest BCUT2D eigenvalue weighted by molar-refractivity contribution is 7.16. The molecule has 11 heteroatoms. The van der Waals surface area contributed by atoms with E-state index in [1.165, 1.54) is 27.3 Å². The Morgan fingerprint density at radius 1 is 1.29 bits per heavy atom. The van der Waals surface area contributed by atoms with Crippen molar-refractivity contribution in [2.75, 3.05) is 5.32 Å². The summed E-state index contributed by atoms with van der Waals surface area (Å²) in [4.78, 5) is 30.8. The van der Waals surface area contributed by atoms with Crippen molar-refractivity contribution in [3.05, 3.63) is 52.9 Å². The zero-order valence-electron chi connectivity index (χ0n) is 14.3. The zero-order valence-corrected chi connectivity index (χ0v) is 15.1. The highest BCUT2D eigenvalue weighted by atomic mass is 32.1. The minimum Gasteiger partial charge on any atom is -0.475 e. The van der Waals surface area contributed by atoms with Gasteiger partial charge < -0.3 is 9.67 Å². The van der Waals surface area contributed by atoms with Crippen LogP contribution in [0.1, 0.15) is 20.9 Å². The number of fused-ring (bicyclic) bond motifs is 3. The molecule has 0 unspecified atom stereocenters. The van der Waals surface area contributed by atoms with Crippen molar-refractivity contribution in [2.24, 2.45) is 7.05 Å². The van der Waals surface area contributed by atoms with Gasteiger partial charge in [-0.25, -0.2) is 14.8 Å². The number of imidazole rings is 1. The first-order valence-electron chi connectivity index (χ1n) is 7.82. The van der Waals surface area contributed by atoms with Crippen LogP contribution in [0.2, 0.25) is 0 Å². The molecule has 28 heavy (non-hydrogen) atoms. The monoisotopic (exact) mass is 410 g/mol. The van der Waals surface area contributed by atoms with Crippen molar-refractivity contribution in [3.63, 3.8) is 0 Å². The lowest BCUT2D eigenvalue weighted by atomic mass is 10.1. The number of benzene rings is 1. The van der Waals surface area contributed by atoms with Gasteiger partial charge in [-0.2, -0.15) is 13.2 Å². The van der Waals surface area contributed by atoms with Gasteiger partial charge in [0.1, 0.15) is 5.69 Å². The predicted molar refractivity (Wildman–Crippen MR) is 95.2 cm³/mol. The molecule has 4 rings (SSSR count). The maximum atomic E-state index is 12.2. The van der Waals surface area contributed by atoms with Gasteiger partial charge in [-0.3, -0.25) is 10.1 Å². The summed E-state index contributed by atoms with van der Waals surface area (Å²) >= 11 is 1.54. The molecular formula is C17H13F3N4O3S. The van der Waals surface area contributed by atoms with Crippen LogP contribution in [0.4, 0.5) is 18.3 Å². The van der Waals surface area contributed by atoms with Gasteiger partial charge in [-0.15, -0.1) is 11.3 Å². The third-order valence-corrected chi connectivity index (χ3v) is 4.80. The van der Waals surface area contributed by atoms with Crippen molar-refractivity contribution >= 4 is 28.3 Å². The molecule has 0 fully saturated rings. The number of hydrogen-bond donors (Lipinski definition) is 2. The first-order valence-corrected chi connectivity index (χ1v) is 8.64. The Balaban J connectivity index is 0.000000279. The maximum Gasteiger partial charge on any atom is 0.490 e. The fraction of sp³-hybridized carbons (Fsp3) is 0.176. The second-order valence-corrected chi connectivity index (χ2v) is 6.86. The van der Waals surface area contributed by atoms with Gasteiger partial charge in [0, 0.05) is 23.9 Å². The van der Waals surface area contributed by atoms with Crippen molar-refractivity contribution in [1.82, 2.24) is 14.5 Å². The van der Waals surface area contributed by atoms with Gasteiger partial charge in [-0.05, 0) is 5.56 Å². The van der Waals surface area contributed by atoms with Crippen molar-refractivity contribution in [2.45, 2.75) is 12.6 Å². The SMILES string of the molecule is Cn1cncc1C(=O)Nc1nc2c(s1)Cc1ccccc1-2.O=C(O)C(F)(F)F. The number of hydrogen-bond acceptors (Lipinski definition) is 5. The Morgan fingerprint density at radius 2 is 1.96 bits per heavy atom. The van der Waals surface area contributed by atoms with Crippen molar-refractivity contribution < 1.29 is 27.9 Å². The quantitative estimate of drug-likeness (QED) is 0.528. The van der Waals surface area contributed by atoms with Crippen LogP contribution < -0.4 is 5.32 Å². The van der Waals surface area contributed by atoms with Crippen LogP contribution in [-0.4, -0.2) is 37.7 Å². The molecule has 2 aromatic heterocycles. The fourth-order valence-electron chi connectivity index (χ4n) is 2.55. The molecule has 0 spiro atoms. The number of aromatic nitrogens is 3. The number of anilines is 1. The summed E-state index contributed by atoms with van der Waals surface area (Å²) in [7, 11) is 1.79. The number of carbonyl (C=O) groups excluding carboxylic acids is 1. The predicted octanol–water partition coefficient (Wildman–Crippen LogP) is 3.33. The number of halogens is 3. The molecule has 0 saturated heterocycles. The lowest BCUT2D eigenvalue weighted by Crippen LogP contribution is -2.21. The van der Waals surface area contributed by atoms with Gasteiger partial charge in [0.05, 0.1) is 18.2 Å². The minimum atomic E-state index is -5.08. The van der Waals surface area contributed by atoms with E-state index >= 15 is 0 Å². The van der Waals surface area contributed by atoms with Gasteiger partial charge in [0.25, 0.3) is 5.91 Å². The molecule has 2 N–H and O–H groups in total. The number of carboxylic acids is 1. The van der Waals surface area contributed by atoms with Crippen LogP contribution in [0.3, 0.4) is 0 Å². The normalized spacial score (nSPS) is 11.9. The van der Waals surface area contributed by atoms with Gasteiger partial charge in [0.15, 0.2) is 5.13 Å². The van der Waals surface area contributed by atoms with Gasteiger partial charge in [-0.1, -0.05) is 24.3 Å². The largest absolute Gasteiger partial charge is 0.490 e. The molecule has 1 aliphatic carbocycles. The maximum absolute atomic E-state index is 12.2. The fourth-order valence-corrected chi connectivity index (χ4v) is 3.55. The Kier molecular flexibility index (Phi) is 5.18. The van der Waals surface area contributed by atoms with E-state index < -0.39 is 12.1 Å². The first-order chi connectivity index (χ1) is 13.2. The lowest BCUT2D eigenvalue weighted by Gasteiger charge is -2.02. The van der Waals surface area contributed by atoms with Crippen LogP contribution in [0.25, 0.3) is 11.3 Å². The molecule has 1 aromatic carbocycles. The molecule has 146 valence electrons. The molecule has 2 heterocycles. The van der Waals surface area contributed by atoms with E-state index in [0.29, 0.717) is 10.8 Å². The van der Waals surface area contributed by atoms with Gasteiger partial charge in [0.2, 0.25) is 0 Å². The average molecular weight is 410 g/mol. The summed E-state index contributed by atoms with van der Waals surface area (Å²) in [6.07, 6.45) is -1.04. The van der Waals surface area contributed by atoms with E-state index in [4.69, 9.17) is 9.90 Å². The van der Waals surface area contributed by atoms with E-state index in [1.54, 1.807) is 24.1 Å². The number of nitrogens with zero attached hydrogens (tertiary/aromatic N) is 3. The number of carboxylic acid groups (broad SMARTS) is 1. The van der Waals surface area contributed by atoms with Crippen LogP contribution >= 0.6 is 11.3 Å². The number of thiazole rings is 1. The number of amides is 1. The van der Waals surface area contributed by atoms with E-state index in [1.807, 2.05) is 12.1 Å². The standard InChI is InChI=1S/C15H12N4OS.C2HF3O2/c1-19-8-16-7-11(19)14(20)18-15-17-13-10-5-3-2-4-9(10)6-12(13)21-15;3-2(4,5)1(6)7/h2-5,7-8H,6H2,1H3,(H,17,18,20);(H,6,7). The second kappa shape index (κ2) is 7.43. The topological polar surface area (TPSA) is 97.1 Å². The molecule has 0 radical (unpaired) electrons. The first kappa shape index (κ1) is 19.5. The van der Waals surface area contributed by atoms with Crippen molar-refractivity contribution in [1.29, 1.82) is 0 Å². The van der Waals surface area contributed by atoms with E-state index in [-0.39, 0.29) is 5.91 Å². The number of nitrogens with one attached hydrogen (secondary N) is 1. The molecule has 3 aromatic rings. The number of carbonyl (C=O) groups is 2. The molecule has 0 atom stereocenters. The summed E-state index contributed by atoms with van der Waals surface area (Å²) in [5, 5.41) is 10.6. The van der Waals surface area contributed by atoms with Crippen LogP contribution in [-0.2, 0) is 18.3 Å². The Morgan fingerprint density at radius 3 is 2.57 bits per heavy atom. The van der Waals surface area contributed by atoms with Crippen LogP contribution in [0.15, 0.2) is 36.8 Å². The highest BCUT2D eigenvalue weighted by Crippen LogP contribution is 2.40. The minimum absolute atomic E-state index is 0.185. The third-order valence-electron chi connectivity index (χ3n) is 3.83. The summed E-state index contributed by atoms with van der Waals surface area (Å²) < 4.78 is 33.4. The molecule has 7 nitrogen and oxygen atoms in total. The Labute approximate surface area is 160 Å². The Bertz CT molecular complexity index is 1040. The summed E-state index contributed by atoms with van der Waals surface area (Å²) in [6, 6.07) is 8.26. The van der Waals surface area contributed by atoms with Crippen molar-refractivity contribution in [3.8, 4) is 11.3 Å². The summed E-state index contributed by atoms with van der Waals surface area (Å²) in [6.45, 7) is 0. The van der Waals surface area contributed by atoms with E-state index in [2.05, 4.69) is 27.4 Å². The molecule has 1 amide bonds. The molecule has 0 saturated carbocycles. The second-order valence-electron chi connectivity index (χ2n) is 5.77. The molecule has 1 aliphatic rings. The Hall–Kier alpha value is -3.21. The number of aryl methyl sites for hydroxylation is 1. The highest BCUT2D eigenvalue weighted by Gasteiger charge is 2.38. The van der Waals surface area contributed by atoms with Crippen LogP contribution in [0, 0.1) is 0 Å². The molecule has 0 bridgehead atoms.